The molecule has 0 atom stereocenters. The molecular formula is C8H10N2O3S. The number of hydrogen-bond acceptors (Lipinski definition) is 5. The second kappa shape index (κ2) is 4.19. The number of Topliss-reactive ketones (excluding diaryl/α,β-unsaturated/α-hetero) is 1. The van der Waals surface area contributed by atoms with E-state index < -0.39 is 6.09 Å². The maximum absolute atomic E-state index is 11.1. The maximum Gasteiger partial charge on any atom is 0.413 e. The standard InChI is InChI=1S/C8H10N2O3S/c1-4-6(5(2)11)14-7(9-4)10-8(12)13-3/h1-3H3,(H,9,10,12). The van der Waals surface area contributed by atoms with Crippen LogP contribution in [0.25, 0.3) is 0 Å². The quantitative estimate of drug-likeness (QED) is 0.762. The van der Waals surface area contributed by atoms with Gasteiger partial charge in [-0.1, -0.05) is 11.3 Å². The molecule has 0 radical (unpaired) electrons. The summed E-state index contributed by atoms with van der Waals surface area (Å²) in [7, 11) is 1.27. The Morgan fingerprint density at radius 2 is 2.14 bits per heavy atom. The first-order valence-electron chi connectivity index (χ1n) is 3.88. The molecule has 1 aromatic rings. The van der Waals surface area contributed by atoms with E-state index in [1.165, 1.54) is 14.0 Å². The summed E-state index contributed by atoms with van der Waals surface area (Å²) in [5.74, 6) is -0.0575. The van der Waals surface area contributed by atoms with Gasteiger partial charge < -0.3 is 4.74 Å². The molecule has 0 fully saturated rings. The zero-order chi connectivity index (χ0) is 10.7. The van der Waals surface area contributed by atoms with Crippen molar-refractivity contribution in [2.75, 3.05) is 12.4 Å². The van der Waals surface area contributed by atoms with Crippen molar-refractivity contribution in [3.05, 3.63) is 10.6 Å². The molecule has 0 aromatic carbocycles. The molecule has 0 aliphatic rings. The number of carbonyl (C=O) groups is 2. The molecule has 0 unspecified atom stereocenters. The Balaban J connectivity index is 2.86. The third-order valence-corrected chi connectivity index (χ3v) is 2.68. The van der Waals surface area contributed by atoms with E-state index in [0.717, 1.165) is 11.3 Å². The van der Waals surface area contributed by atoms with Crippen LogP contribution in [0.2, 0.25) is 0 Å². The van der Waals surface area contributed by atoms with Crippen molar-refractivity contribution < 1.29 is 14.3 Å². The lowest BCUT2D eigenvalue weighted by Gasteiger charge is -1.96. The van der Waals surface area contributed by atoms with Crippen molar-refractivity contribution in [1.29, 1.82) is 0 Å². The van der Waals surface area contributed by atoms with Crippen LogP contribution in [-0.4, -0.2) is 24.0 Å². The number of nitrogens with zero attached hydrogens (tertiary/aromatic N) is 1. The zero-order valence-corrected chi connectivity index (χ0v) is 8.90. The van der Waals surface area contributed by atoms with E-state index >= 15 is 0 Å². The van der Waals surface area contributed by atoms with E-state index in [2.05, 4.69) is 15.0 Å². The van der Waals surface area contributed by atoms with Crippen LogP contribution >= 0.6 is 11.3 Å². The third kappa shape index (κ3) is 2.29. The number of aryl methyl sites for hydroxylation is 1. The van der Waals surface area contributed by atoms with Crippen molar-refractivity contribution >= 4 is 28.3 Å². The number of ether oxygens (including phenoxy) is 1. The molecule has 0 saturated carbocycles. The molecule has 1 amide bonds. The number of methoxy groups -OCH3 is 1. The fourth-order valence-electron chi connectivity index (χ4n) is 0.915. The number of hydrogen-bond donors (Lipinski definition) is 1. The fraction of sp³-hybridized carbons (Fsp3) is 0.375. The van der Waals surface area contributed by atoms with Crippen LogP contribution in [0.5, 0.6) is 0 Å². The Morgan fingerprint density at radius 1 is 1.50 bits per heavy atom. The van der Waals surface area contributed by atoms with Crippen LogP contribution < -0.4 is 5.32 Å². The molecule has 0 aliphatic heterocycles. The first-order valence-corrected chi connectivity index (χ1v) is 4.69. The molecule has 0 spiro atoms. The van der Waals surface area contributed by atoms with E-state index in [9.17, 15) is 9.59 Å². The fourth-order valence-corrected chi connectivity index (χ4v) is 1.76. The van der Waals surface area contributed by atoms with E-state index in [0.29, 0.717) is 15.7 Å². The van der Waals surface area contributed by atoms with Crippen LogP contribution in [0.3, 0.4) is 0 Å². The summed E-state index contributed by atoms with van der Waals surface area (Å²) in [4.78, 5) is 26.4. The number of aromatic nitrogens is 1. The van der Waals surface area contributed by atoms with Gasteiger partial charge in [0, 0.05) is 6.92 Å². The van der Waals surface area contributed by atoms with Crippen LogP contribution in [0.15, 0.2) is 0 Å². The Kier molecular flexibility index (Phi) is 3.19. The van der Waals surface area contributed by atoms with E-state index in [1.807, 2.05) is 0 Å². The van der Waals surface area contributed by atoms with Crippen LogP contribution in [0.1, 0.15) is 22.3 Å². The molecule has 1 aromatic heterocycles. The zero-order valence-electron chi connectivity index (χ0n) is 8.08. The SMILES string of the molecule is COC(=O)Nc1nc(C)c(C(C)=O)s1. The van der Waals surface area contributed by atoms with Crippen molar-refractivity contribution in [2.45, 2.75) is 13.8 Å². The van der Waals surface area contributed by atoms with Gasteiger partial charge in [-0.05, 0) is 6.92 Å². The molecule has 5 nitrogen and oxygen atoms in total. The van der Waals surface area contributed by atoms with Gasteiger partial charge in [0.05, 0.1) is 17.7 Å². The van der Waals surface area contributed by atoms with Gasteiger partial charge >= 0.3 is 6.09 Å². The molecule has 1 heterocycles. The highest BCUT2D eigenvalue weighted by Gasteiger charge is 2.12. The number of ketones is 1. The van der Waals surface area contributed by atoms with Gasteiger partial charge in [0.25, 0.3) is 0 Å². The average Bonchev–Trinajstić information content (AvgIpc) is 2.46. The van der Waals surface area contributed by atoms with Gasteiger partial charge in [-0.3, -0.25) is 10.1 Å². The minimum atomic E-state index is -0.589. The normalized spacial score (nSPS) is 9.64. The lowest BCUT2D eigenvalue weighted by Crippen LogP contribution is -2.10. The highest BCUT2D eigenvalue weighted by molar-refractivity contribution is 7.17. The summed E-state index contributed by atoms with van der Waals surface area (Å²) >= 11 is 1.14. The smallest absolute Gasteiger partial charge is 0.413 e. The van der Waals surface area contributed by atoms with Gasteiger partial charge in [-0.15, -0.1) is 0 Å². The molecule has 1 N–H and O–H groups in total. The maximum atomic E-state index is 11.1. The molecular weight excluding hydrogens is 204 g/mol. The van der Waals surface area contributed by atoms with Crippen molar-refractivity contribution in [3.63, 3.8) is 0 Å². The molecule has 0 bridgehead atoms. The Hall–Kier alpha value is -1.43. The van der Waals surface area contributed by atoms with Gasteiger partial charge in [-0.25, -0.2) is 9.78 Å². The number of amides is 1. The predicted octanol–water partition coefficient (Wildman–Crippen LogP) is 1.83. The number of rotatable bonds is 2. The van der Waals surface area contributed by atoms with E-state index in [1.54, 1.807) is 6.92 Å². The summed E-state index contributed by atoms with van der Waals surface area (Å²) in [6, 6.07) is 0. The molecule has 1 rings (SSSR count). The highest BCUT2D eigenvalue weighted by Crippen LogP contribution is 2.22. The predicted molar refractivity (Wildman–Crippen MR) is 52.9 cm³/mol. The topological polar surface area (TPSA) is 68.3 Å². The van der Waals surface area contributed by atoms with Gasteiger partial charge in [0.1, 0.15) is 0 Å². The largest absolute Gasteiger partial charge is 0.453 e. The molecule has 6 heteroatoms. The average molecular weight is 214 g/mol. The lowest BCUT2D eigenvalue weighted by atomic mass is 10.3. The number of nitrogens with one attached hydrogen (secondary N) is 1. The summed E-state index contributed by atoms with van der Waals surface area (Å²) in [6.07, 6.45) is -0.589. The van der Waals surface area contributed by atoms with Gasteiger partial charge in [-0.2, -0.15) is 0 Å². The minimum Gasteiger partial charge on any atom is -0.453 e. The Labute approximate surface area is 85.1 Å². The molecule has 0 aliphatic carbocycles. The van der Waals surface area contributed by atoms with Crippen LogP contribution in [0.4, 0.5) is 9.93 Å². The van der Waals surface area contributed by atoms with E-state index in [-0.39, 0.29) is 5.78 Å². The van der Waals surface area contributed by atoms with Gasteiger partial charge in [0.15, 0.2) is 10.9 Å². The minimum absolute atomic E-state index is 0.0575. The van der Waals surface area contributed by atoms with Gasteiger partial charge in [0.2, 0.25) is 0 Å². The highest BCUT2D eigenvalue weighted by atomic mass is 32.1. The second-order valence-corrected chi connectivity index (χ2v) is 3.61. The van der Waals surface area contributed by atoms with Crippen LogP contribution in [-0.2, 0) is 4.74 Å². The summed E-state index contributed by atoms with van der Waals surface area (Å²) in [6.45, 7) is 3.18. The number of thiazole rings is 1. The summed E-state index contributed by atoms with van der Waals surface area (Å²) < 4.78 is 4.40. The van der Waals surface area contributed by atoms with Crippen molar-refractivity contribution in [3.8, 4) is 0 Å². The Morgan fingerprint density at radius 3 is 2.57 bits per heavy atom. The number of anilines is 1. The van der Waals surface area contributed by atoms with Crippen molar-refractivity contribution in [1.82, 2.24) is 4.98 Å². The number of carbonyl (C=O) groups excluding carboxylic acids is 2. The third-order valence-electron chi connectivity index (χ3n) is 1.51. The van der Waals surface area contributed by atoms with Crippen molar-refractivity contribution in [2.24, 2.45) is 0 Å². The first-order chi connectivity index (χ1) is 6.54. The lowest BCUT2D eigenvalue weighted by molar-refractivity contribution is 0.102. The molecule has 0 saturated heterocycles. The second-order valence-electron chi connectivity index (χ2n) is 2.61. The first kappa shape index (κ1) is 10.6. The Bertz CT molecular complexity index is 373. The monoisotopic (exact) mass is 214 g/mol. The summed E-state index contributed by atoms with van der Waals surface area (Å²) in [5, 5.41) is 2.78. The van der Waals surface area contributed by atoms with E-state index in [4.69, 9.17) is 0 Å². The molecule has 14 heavy (non-hydrogen) atoms. The summed E-state index contributed by atoms with van der Waals surface area (Å²) in [5.41, 5.74) is 0.619. The molecule has 76 valence electrons. The van der Waals surface area contributed by atoms with Crippen LogP contribution in [0, 0.1) is 6.92 Å².